The minimum Gasteiger partial charge on any atom is -0.311 e. The summed E-state index contributed by atoms with van der Waals surface area (Å²) >= 11 is 7.39. The third-order valence-electron chi connectivity index (χ3n) is 2.81. The third kappa shape index (κ3) is 4.39. The van der Waals surface area contributed by atoms with Gasteiger partial charge in [-0.25, -0.2) is 0 Å². The summed E-state index contributed by atoms with van der Waals surface area (Å²) < 4.78 is 0.232. The molecule has 0 aliphatic heterocycles. The number of hydrogen-bond acceptors (Lipinski definition) is 3. The van der Waals surface area contributed by atoms with Gasteiger partial charge in [0.1, 0.15) is 16.1 Å². The highest BCUT2D eigenvalue weighted by Gasteiger charge is 2.11. The van der Waals surface area contributed by atoms with E-state index in [0.29, 0.717) is 5.56 Å². The Labute approximate surface area is 138 Å². The van der Waals surface area contributed by atoms with Crippen LogP contribution in [0.2, 0.25) is 0 Å². The number of hydrogen-bond donors (Lipinski definition) is 1. The number of rotatable bonds is 4. The van der Waals surface area contributed by atoms with E-state index in [2.05, 4.69) is 5.32 Å². The number of nitrogens with one attached hydrogen (secondary N) is 1. The molecular weight excluding hydrogens is 316 g/mol. The summed E-state index contributed by atoms with van der Waals surface area (Å²) in [5, 5.41) is 11.7. The van der Waals surface area contributed by atoms with Gasteiger partial charge >= 0.3 is 0 Å². The molecule has 0 radical (unpaired) electrons. The molecule has 0 heterocycles. The Hall–Kier alpha value is -2.22. The van der Waals surface area contributed by atoms with Gasteiger partial charge in [0, 0.05) is 10.5 Å². The van der Waals surface area contributed by atoms with Crippen LogP contribution in [0.4, 0.5) is 0 Å². The molecule has 0 spiro atoms. The molecule has 0 aliphatic rings. The lowest BCUT2D eigenvalue weighted by Gasteiger charge is -2.06. The quantitative estimate of drug-likeness (QED) is 0.666. The minimum absolute atomic E-state index is 0.0427. The van der Waals surface area contributed by atoms with Gasteiger partial charge in [-0.1, -0.05) is 59.3 Å². The zero-order valence-electron chi connectivity index (χ0n) is 11.8. The highest BCUT2D eigenvalue weighted by Crippen LogP contribution is 2.31. The van der Waals surface area contributed by atoms with Gasteiger partial charge in [0.15, 0.2) is 0 Å². The van der Waals surface area contributed by atoms with Crippen LogP contribution in [-0.2, 0) is 0 Å². The lowest BCUT2D eigenvalue weighted by Crippen LogP contribution is -2.22. The molecule has 5 heteroatoms. The third-order valence-corrected chi connectivity index (χ3v) is 4.12. The number of nitrogens with zero attached hydrogens (tertiary/aromatic N) is 1. The molecule has 3 nitrogen and oxygen atoms in total. The maximum absolute atomic E-state index is 12.1. The zero-order valence-corrected chi connectivity index (χ0v) is 13.4. The number of carbonyl (C=O) groups excluding carboxylic acids is 1. The monoisotopic (exact) mass is 328 g/mol. The van der Waals surface area contributed by atoms with Gasteiger partial charge in [-0.15, -0.1) is 0 Å². The van der Waals surface area contributed by atoms with E-state index in [-0.39, 0.29) is 16.0 Å². The molecule has 0 aromatic heterocycles. The molecule has 0 aliphatic carbocycles. The van der Waals surface area contributed by atoms with E-state index in [0.717, 1.165) is 10.5 Å². The number of allylic oxidation sites excluding steroid dienone is 1. The molecule has 0 saturated carbocycles. The van der Waals surface area contributed by atoms with Crippen molar-refractivity contribution in [1.29, 1.82) is 5.26 Å². The largest absolute Gasteiger partial charge is 0.311 e. The zero-order chi connectivity index (χ0) is 15.9. The van der Waals surface area contributed by atoms with Crippen molar-refractivity contribution in [2.24, 2.45) is 0 Å². The Bertz CT molecular complexity index is 734. The first kappa shape index (κ1) is 16.2. The van der Waals surface area contributed by atoms with E-state index in [9.17, 15) is 10.1 Å². The van der Waals surface area contributed by atoms with Crippen LogP contribution in [0.3, 0.4) is 0 Å². The number of carbonyl (C=O) groups is 1. The van der Waals surface area contributed by atoms with Gasteiger partial charge < -0.3 is 5.32 Å². The molecule has 22 heavy (non-hydrogen) atoms. The first-order chi connectivity index (χ1) is 10.6. The molecule has 2 aromatic carbocycles. The van der Waals surface area contributed by atoms with Crippen molar-refractivity contribution in [2.75, 3.05) is 0 Å². The highest BCUT2D eigenvalue weighted by atomic mass is 35.5. The number of halogens is 1. The Morgan fingerprint density at radius 2 is 1.77 bits per heavy atom. The Morgan fingerprint density at radius 3 is 2.36 bits per heavy atom. The average Bonchev–Trinajstić information content (AvgIpc) is 2.55. The maximum atomic E-state index is 12.1. The Kier molecular flexibility index (Phi) is 5.65. The van der Waals surface area contributed by atoms with Crippen molar-refractivity contribution < 1.29 is 4.79 Å². The molecular formula is C17H13ClN2OS. The summed E-state index contributed by atoms with van der Waals surface area (Å²) in [7, 11) is 0. The minimum atomic E-state index is -0.361. The second-order valence-electron chi connectivity index (χ2n) is 4.50. The van der Waals surface area contributed by atoms with Gasteiger partial charge in [-0.3, -0.25) is 4.79 Å². The topological polar surface area (TPSA) is 52.9 Å². The van der Waals surface area contributed by atoms with Crippen molar-refractivity contribution in [3.63, 3.8) is 0 Å². The molecule has 0 atom stereocenters. The van der Waals surface area contributed by atoms with E-state index in [1.807, 2.05) is 43.3 Å². The van der Waals surface area contributed by atoms with E-state index in [1.165, 1.54) is 11.8 Å². The van der Waals surface area contributed by atoms with Crippen LogP contribution in [0.25, 0.3) is 0 Å². The summed E-state index contributed by atoms with van der Waals surface area (Å²) in [5.74, 6) is -0.361. The van der Waals surface area contributed by atoms with Crippen molar-refractivity contribution in [2.45, 2.75) is 11.8 Å². The predicted molar refractivity (Wildman–Crippen MR) is 89.4 cm³/mol. The predicted octanol–water partition coefficient (Wildman–Crippen LogP) is 4.45. The van der Waals surface area contributed by atoms with Gasteiger partial charge in [0.2, 0.25) is 0 Å². The Morgan fingerprint density at radius 1 is 1.14 bits per heavy atom. The lowest BCUT2D eigenvalue weighted by molar-refractivity contribution is 0.0967. The first-order valence-electron chi connectivity index (χ1n) is 6.51. The molecule has 0 saturated heterocycles. The summed E-state index contributed by atoms with van der Waals surface area (Å²) in [6.07, 6.45) is 0. The fraction of sp³-hybridized carbons (Fsp3) is 0.0588. The number of thioether (sulfide) groups is 1. The molecule has 2 rings (SSSR count). The fourth-order valence-electron chi connectivity index (χ4n) is 1.66. The Balaban J connectivity index is 2.14. The van der Waals surface area contributed by atoms with Crippen LogP contribution in [0.5, 0.6) is 0 Å². The lowest BCUT2D eigenvalue weighted by atomic mass is 10.2. The number of aryl methyl sites for hydroxylation is 1. The van der Waals surface area contributed by atoms with Gasteiger partial charge in [0.05, 0.1) is 0 Å². The van der Waals surface area contributed by atoms with Gasteiger partial charge in [-0.2, -0.15) is 5.26 Å². The molecule has 0 bridgehead atoms. The summed E-state index contributed by atoms with van der Waals surface area (Å²) in [4.78, 5) is 13.0. The molecule has 110 valence electrons. The van der Waals surface area contributed by atoms with Crippen LogP contribution in [-0.4, -0.2) is 5.91 Å². The second-order valence-corrected chi connectivity index (χ2v) is 6.18. The van der Waals surface area contributed by atoms with E-state index in [1.54, 1.807) is 24.3 Å². The van der Waals surface area contributed by atoms with Gasteiger partial charge in [-0.05, 0) is 31.2 Å². The highest BCUT2D eigenvalue weighted by molar-refractivity contribution is 8.04. The molecule has 0 fully saturated rings. The van der Waals surface area contributed by atoms with E-state index in [4.69, 9.17) is 11.6 Å². The summed E-state index contributed by atoms with van der Waals surface area (Å²) in [6, 6.07) is 18.4. The number of amides is 1. The van der Waals surface area contributed by atoms with Crippen molar-refractivity contribution >= 4 is 29.3 Å². The normalized spacial score (nSPS) is 11.3. The summed E-state index contributed by atoms with van der Waals surface area (Å²) in [5.41, 5.74) is 1.66. The van der Waals surface area contributed by atoms with Crippen LogP contribution < -0.4 is 5.32 Å². The van der Waals surface area contributed by atoms with Crippen LogP contribution in [0.1, 0.15) is 15.9 Å². The maximum Gasteiger partial charge on any atom is 0.256 e. The standard InChI is InChI=1S/C17H13ClN2OS/c1-12-7-9-14(10-8-12)22-16(18)15(11-19)20-17(21)13-5-3-2-4-6-13/h2-10H,1H3,(H,20,21)/b16-15-. The van der Waals surface area contributed by atoms with Gasteiger partial charge in [0.25, 0.3) is 5.91 Å². The van der Waals surface area contributed by atoms with Crippen molar-refractivity contribution in [1.82, 2.24) is 5.32 Å². The van der Waals surface area contributed by atoms with Crippen LogP contribution in [0, 0.1) is 18.3 Å². The number of benzene rings is 2. The van der Waals surface area contributed by atoms with Crippen molar-refractivity contribution in [3.05, 3.63) is 75.8 Å². The summed E-state index contributed by atoms with van der Waals surface area (Å²) in [6.45, 7) is 1.99. The fourth-order valence-corrected chi connectivity index (χ4v) is 2.69. The SMILES string of the molecule is Cc1ccc(S/C(Cl)=C(/C#N)NC(=O)c2ccccc2)cc1. The van der Waals surface area contributed by atoms with E-state index < -0.39 is 0 Å². The molecule has 1 N–H and O–H groups in total. The van der Waals surface area contributed by atoms with E-state index >= 15 is 0 Å². The first-order valence-corrected chi connectivity index (χ1v) is 7.70. The number of nitriles is 1. The second kappa shape index (κ2) is 7.69. The average molecular weight is 329 g/mol. The molecule has 2 aromatic rings. The van der Waals surface area contributed by atoms with Crippen LogP contribution in [0.15, 0.2) is 69.6 Å². The molecule has 1 amide bonds. The smallest absolute Gasteiger partial charge is 0.256 e. The van der Waals surface area contributed by atoms with Crippen LogP contribution >= 0.6 is 23.4 Å². The van der Waals surface area contributed by atoms with Crippen molar-refractivity contribution in [3.8, 4) is 6.07 Å². The molecule has 0 unspecified atom stereocenters.